The highest BCUT2D eigenvalue weighted by Crippen LogP contribution is 2.10. The van der Waals surface area contributed by atoms with Gasteiger partial charge in [0.25, 0.3) is 5.56 Å². The van der Waals surface area contributed by atoms with Gasteiger partial charge in [-0.05, 0) is 51.5 Å². The maximum Gasteiger partial charge on any atom is 0.251 e. The molecule has 0 aliphatic carbocycles. The molecule has 2 aromatic heterocycles. The summed E-state index contributed by atoms with van der Waals surface area (Å²) in [5, 5.41) is 3.37. The Hall–Kier alpha value is -1.81. The molecule has 0 saturated heterocycles. The monoisotopic (exact) mass is 274 g/mol. The van der Waals surface area contributed by atoms with Crippen molar-refractivity contribution in [1.29, 1.82) is 0 Å². The molecular weight excluding hydrogens is 252 g/mol. The molecule has 108 valence electrons. The minimum absolute atomic E-state index is 0.00392. The predicted octanol–water partition coefficient (Wildman–Crippen LogP) is 2.69. The van der Waals surface area contributed by atoms with Gasteiger partial charge in [0, 0.05) is 17.8 Å². The van der Waals surface area contributed by atoms with Crippen molar-refractivity contribution in [1.82, 2.24) is 9.88 Å². The highest BCUT2D eigenvalue weighted by Gasteiger charge is 2.10. The van der Waals surface area contributed by atoms with Crippen LogP contribution in [0.15, 0.2) is 39.7 Å². The van der Waals surface area contributed by atoms with E-state index in [1.54, 1.807) is 16.8 Å². The van der Waals surface area contributed by atoms with Gasteiger partial charge in [0.1, 0.15) is 11.5 Å². The third-order valence-electron chi connectivity index (χ3n) is 2.99. The lowest BCUT2D eigenvalue weighted by atomic mass is 10.1. The molecule has 0 radical (unpaired) electrons. The number of pyridine rings is 1. The normalized spacial score (nSPS) is 11.8. The molecule has 20 heavy (non-hydrogen) atoms. The average molecular weight is 274 g/mol. The fraction of sp³-hybridized carbons (Fsp3) is 0.438. The Labute approximate surface area is 119 Å². The van der Waals surface area contributed by atoms with Crippen LogP contribution in [-0.4, -0.2) is 10.1 Å². The quantitative estimate of drug-likeness (QED) is 0.932. The van der Waals surface area contributed by atoms with Crippen LogP contribution in [0.2, 0.25) is 0 Å². The number of aryl methyl sites for hydroxylation is 1. The Bertz CT molecular complexity index is 632. The zero-order chi connectivity index (χ0) is 14.8. The van der Waals surface area contributed by atoms with E-state index in [0.29, 0.717) is 13.1 Å². The summed E-state index contributed by atoms with van der Waals surface area (Å²) in [4.78, 5) is 11.8. The molecule has 1 N–H and O–H groups in total. The van der Waals surface area contributed by atoms with Crippen molar-refractivity contribution in [3.63, 3.8) is 0 Å². The van der Waals surface area contributed by atoms with E-state index in [1.165, 1.54) is 0 Å². The van der Waals surface area contributed by atoms with Crippen molar-refractivity contribution >= 4 is 0 Å². The number of nitrogens with zero attached hydrogens (tertiary/aromatic N) is 1. The van der Waals surface area contributed by atoms with Gasteiger partial charge in [-0.1, -0.05) is 0 Å². The van der Waals surface area contributed by atoms with E-state index in [0.717, 1.165) is 17.1 Å². The lowest BCUT2D eigenvalue weighted by Crippen LogP contribution is -2.34. The van der Waals surface area contributed by atoms with Crippen LogP contribution in [0.1, 0.15) is 37.9 Å². The molecule has 2 aromatic rings. The van der Waals surface area contributed by atoms with Crippen molar-refractivity contribution in [3.05, 3.63) is 57.9 Å². The minimum atomic E-state index is -0.00392. The summed E-state index contributed by atoms with van der Waals surface area (Å²) in [7, 11) is 0. The Morgan fingerprint density at radius 3 is 2.55 bits per heavy atom. The smallest absolute Gasteiger partial charge is 0.251 e. The van der Waals surface area contributed by atoms with Crippen LogP contribution in [0, 0.1) is 6.92 Å². The molecule has 0 unspecified atom stereocenters. The van der Waals surface area contributed by atoms with Crippen molar-refractivity contribution < 1.29 is 4.42 Å². The van der Waals surface area contributed by atoms with E-state index in [2.05, 4.69) is 26.1 Å². The fourth-order valence-electron chi connectivity index (χ4n) is 1.86. The molecule has 0 aromatic carbocycles. The SMILES string of the molecule is Cc1ccn(Cc2ccc(CNC(C)(C)C)o2)c(=O)c1. The standard InChI is InChI=1S/C16H22N2O2/c1-12-7-8-18(15(19)9-12)11-14-6-5-13(20-14)10-17-16(2,3)4/h5-9,17H,10-11H2,1-4H3. The molecular formula is C16H22N2O2. The topological polar surface area (TPSA) is 47.2 Å². The Balaban J connectivity index is 2.04. The zero-order valence-electron chi connectivity index (χ0n) is 12.6. The van der Waals surface area contributed by atoms with Crippen molar-refractivity contribution in [2.24, 2.45) is 0 Å². The van der Waals surface area contributed by atoms with Crippen LogP contribution in [0.4, 0.5) is 0 Å². The summed E-state index contributed by atoms with van der Waals surface area (Å²) >= 11 is 0. The second-order valence-corrected chi connectivity index (χ2v) is 6.14. The summed E-state index contributed by atoms with van der Waals surface area (Å²) in [5.74, 6) is 1.68. The predicted molar refractivity (Wildman–Crippen MR) is 79.8 cm³/mol. The summed E-state index contributed by atoms with van der Waals surface area (Å²) in [6.07, 6.45) is 1.80. The summed E-state index contributed by atoms with van der Waals surface area (Å²) in [6, 6.07) is 7.43. The van der Waals surface area contributed by atoms with Gasteiger partial charge in [-0.25, -0.2) is 0 Å². The molecule has 0 bridgehead atoms. The van der Waals surface area contributed by atoms with Gasteiger partial charge in [0.15, 0.2) is 0 Å². The first-order valence-corrected chi connectivity index (χ1v) is 6.83. The first-order chi connectivity index (χ1) is 9.33. The van der Waals surface area contributed by atoms with Gasteiger partial charge >= 0.3 is 0 Å². The molecule has 2 heterocycles. The van der Waals surface area contributed by atoms with Gasteiger partial charge in [0.2, 0.25) is 0 Å². The van der Waals surface area contributed by atoms with Gasteiger partial charge in [-0.2, -0.15) is 0 Å². The van der Waals surface area contributed by atoms with Crippen molar-refractivity contribution in [3.8, 4) is 0 Å². The molecule has 0 saturated carbocycles. The fourth-order valence-corrected chi connectivity index (χ4v) is 1.86. The number of hydrogen-bond acceptors (Lipinski definition) is 3. The lowest BCUT2D eigenvalue weighted by molar-refractivity contribution is 0.375. The first kappa shape index (κ1) is 14.6. The third kappa shape index (κ3) is 4.10. The van der Waals surface area contributed by atoms with Gasteiger partial charge in [0.05, 0.1) is 13.1 Å². The summed E-state index contributed by atoms with van der Waals surface area (Å²) < 4.78 is 7.39. The van der Waals surface area contributed by atoms with Crippen molar-refractivity contribution in [2.45, 2.75) is 46.3 Å². The van der Waals surface area contributed by atoms with Gasteiger partial charge in [-0.15, -0.1) is 0 Å². The molecule has 4 heteroatoms. The zero-order valence-corrected chi connectivity index (χ0v) is 12.6. The molecule has 0 spiro atoms. The van der Waals surface area contributed by atoms with Crippen LogP contribution in [0.25, 0.3) is 0 Å². The number of rotatable bonds is 4. The Morgan fingerprint density at radius 1 is 1.20 bits per heavy atom. The number of nitrogens with one attached hydrogen (secondary N) is 1. The second-order valence-electron chi connectivity index (χ2n) is 6.14. The van der Waals surface area contributed by atoms with Crippen LogP contribution in [0.3, 0.4) is 0 Å². The van der Waals surface area contributed by atoms with E-state index in [-0.39, 0.29) is 11.1 Å². The average Bonchev–Trinajstić information content (AvgIpc) is 2.77. The number of aromatic nitrogens is 1. The maximum atomic E-state index is 11.8. The van der Waals surface area contributed by atoms with E-state index >= 15 is 0 Å². The second kappa shape index (κ2) is 5.67. The largest absolute Gasteiger partial charge is 0.463 e. The Kier molecular flexibility index (Phi) is 4.14. The molecule has 0 amide bonds. The summed E-state index contributed by atoms with van der Waals surface area (Å²) in [5.41, 5.74) is 1.03. The number of furan rings is 1. The highest BCUT2D eigenvalue weighted by molar-refractivity contribution is 5.11. The molecule has 4 nitrogen and oxygen atoms in total. The van der Waals surface area contributed by atoms with Crippen LogP contribution in [0.5, 0.6) is 0 Å². The number of hydrogen-bond donors (Lipinski definition) is 1. The highest BCUT2D eigenvalue weighted by atomic mass is 16.3. The minimum Gasteiger partial charge on any atom is -0.463 e. The lowest BCUT2D eigenvalue weighted by Gasteiger charge is -2.19. The van der Waals surface area contributed by atoms with Gasteiger partial charge in [-0.3, -0.25) is 4.79 Å². The molecule has 0 aliphatic rings. The van der Waals surface area contributed by atoms with Gasteiger partial charge < -0.3 is 14.3 Å². The molecule has 0 atom stereocenters. The molecule has 2 rings (SSSR count). The maximum absolute atomic E-state index is 11.8. The Morgan fingerprint density at radius 2 is 1.90 bits per heavy atom. The van der Waals surface area contributed by atoms with E-state index in [4.69, 9.17) is 4.42 Å². The van der Waals surface area contributed by atoms with Crippen LogP contribution in [-0.2, 0) is 13.1 Å². The molecule has 0 fully saturated rings. The first-order valence-electron chi connectivity index (χ1n) is 6.83. The third-order valence-corrected chi connectivity index (χ3v) is 2.99. The van der Waals surface area contributed by atoms with Crippen molar-refractivity contribution in [2.75, 3.05) is 0 Å². The van der Waals surface area contributed by atoms with E-state index in [9.17, 15) is 4.79 Å². The van der Waals surface area contributed by atoms with E-state index in [1.807, 2.05) is 25.1 Å². The van der Waals surface area contributed by atoms with Crippen LogP contribution < -0.4 is 10.9 Å². The molecule has 0 aliphatic heterocycles. The van der Waals surface area contributed by atoms with E-state index < -0.39 is 0 Å². The summed E-state index contributed by atoms with van der Waals surface area (Å²) in [6.45, 7) is 9.41. The van der Waals surface area contributed by atoms with Crippen LogP contribution >= 0.6 is 0 Å².